The number of esters is 1. The molecule has 3 heteroatoms. The zero-order valence-electron chi connectivity index (χ0n) is 11.3. The summed E-state index contributed by atoms with van der Waals surface area (Å²) in [4.78, 5) is 24.0. The van der Waals surface area contributed by atoms with Gasteiger partial charge in [0.1, 0.15) is 5.75 Å². The fourth-order valence-corrected chi connectivity index (χ4v) is 1.87. The molecule has 20 heavy (non-hydrogen) atoms. The zero-order valence-corrected chi connectivity index (χ0v) is 11.3. The number of hydrogen-bond acceptors (Lipinski definition) is 3. The van der Waals surface area contributed by atoms with Crippen LogP contribution in [0.5, 0.6) is 5.75 Å². The average Bonchev–Trinajstić information content (AvgIpc) is 2.48. The summed E-state index contributed by atoms with van der Waals surface area (Å²) in [5, 5.41) is 0. The van der Waals surface area contributed by atoms with E-state index in [2.05, 4.69) is 0 Å². The maximum Gasteiger partial charge on any atom is 0.311 e. The van der Waals surface area contributed by atoms with Gasteiger partial charge in [0.25, 0.3) is 0 Å². The van der Waals surface area contributed by atoms with Crippen LogP contribution in [-0.2, 0) is 4.79 Å². The second-order valence-electron chi connectivity index (χ2n) is 4.42. The first-order valence-electron chi connectivity index (χ1n) is 6.62. The smallest absolute Gasteiger partial charge is 0.311 e. The largest absolute Gasteiger partial charge is 0.426 e. The van der Waals surface area contributed by atoms with E-state index >= 15 is 0 Å². The molecule has 0 heterocycles. The molecule has 0 aliphatic rings. The molecule has 0 aliphatic carbocycles. The maximum atomic E-state index is 12.4. The van der Waals surface area contributed by atoms with Crippen molar-refractivity contribution in [3.8, 4) is 5.75 Å². The molecule has 0 unspecified atom stereocenters. The fourth-order valence-electron chi connectivity index (χ4n) is 1.87. The van der Waals surface area contributed by atoms with E-state index in [0.717, 1.165) is 0 Å². The Morgan fingerprint density at radius 1 is 0.950 bits per heavy atom. The first kappa shape index (κ1) is 14.0. The number of rotatable bonds is 5. The van der Waals surface area contributed by atoms with Gasteiger partial charge in [-0.25, -0.2) is 0 Å². The van der Waals surface area contributed by atoms with Crippen LogP contribution in [0.3, 0.4) is 0 Å². The summed E-state index contributed by atoms with van der Waals surface area (Å²) in [6, 6.07) is 15.8. The lowest BCUT2D eigenvalue weighted by atomic mass is 10.0. The van der Waals surface area contributed by atoms with Crippen molar-refractivity contribution < 1.29 is 14.3 Å². The van der Waals surface area contributed by atoms with Gasteiger partial charge in [-0.3, -0.25) is 9.59 Å². The molecule has 0 saturated heterocycles. The zero-order chi connectivity index (χ0) is 14.4. The van der Waals surface area contributed by atoms with E-state index in [0.29, 0.717) is 29.7 Å². The molecule has 0 saturated carbocycles. The van der Waals surface area contributed by atoms with Crippen molar-refractivity contribution in [3.05, 3.63) is 65.7 Å². The number of benzene rings is 2. The van der Waals surface area contributed by atoms with E-state index in [-0.39, 0.29) is 11.8 Å². The second kappa shape index (κ2) is 6.66. The fraction of sp³-hybridized carbons (Fsp3) is 0.176. The van der Waals surface area contributed by atoms with Gasteiger partial charge in [-0.05, 0) is 18.6 Å². The summed E-state index contributed by atoms with van der Waals surface area (Å²) in [6.07, 6.45) is 1.06. The molecule has 0 amide bonds. The van der Waals surface area contributed by atoms with Crippen molar-refractivity contribution in [2.24, 2.45) is 0 Å². The highest BCUT2D eigenvalue weighted by Gasteiger charge is 2.15. The summed E-state index contributed by atoms with van der Waals surface area (Å²) < 4.78 is 5.27. The van der Waals surface area contributed by atoms with Gasteiger partial charge in [0.2, 0.25) is 0 Å². The predicted octanol–water partition coefficient (Wildman–Crippen LogP) is 3.62. The summed E-state index contributed by atoms with van der Waals surface area (Å²) in [7, 11) is 0. The highest BCUT2D eigenvalue weighted by molar-refractivity contribution is 6.10. The topological polar surface area (TPSA) is 43.4 Å². The number of para-hydroxylation sites is 1. The number of ether oxygens (including phenoxy) is 1. The lowest BCUT2D eigenvalue weighted by Gasteiger charge is -2.09. The van der Waals surface area contributed by atoms with Crippen molar-refractivity contribution in [1.82, 2.24) is 0 Å². The third-order valence-electron chi connectivity index (χ3n) is 2.85. The molecule has 0 atom stereocenters. The summed E-state index contributed by atoms with van der Waals surface area (Å²) in [5.74, 6) is -0.147. The summed E-state index contributed by atoms with van der Waals surface area (Å²) in [5.41, 5.74) is 0.981. The molecule has 2 aromatic carbocycles. The van der Waals surface area contributed by atoms with Crippen LogP contribution in [-0.4, -0.2) is 11.8 Å². The number of carbonyl (C=O) groups excluding carboxylic acids is 2. The van der Waals surface area contributed by atoms with Crippen LogP contribution >= 0.6 is 0 Å². The molecule has 0 aliphatic heterocycles. The third-order valence-corrected chi connectivity index (χ3v) is 2.85. The van der Waals surface area contributed by atoms with Gasteiger partial charge in [0.15, 0.2) is 5.78 Å². The monoisotopic (exact) mass is 268 g/mol. The Balaban J connectivity index is 2.28. The Bertz CT molecular complexity index is 603. The Hall–Kier alpha value is -2.42. The minimum atomic E-state index is -0.319. The van der Waals surface area contributed by atoms with Crippen molar-refractivity contribution in [3.63, 3.8) is 0 Å². The number of ketones is 1. The average molecular weight is 268 g/mol. The first-order valence-corrected chi connectivity index (χ1v) is 6.62. The molecule has 2 aromatic rings. The highest BCUT2D eigenvalue weighted by atomic mass is 16.5. The van der Waals surface area contributed by atoms with Gasteiger partial charge in [-0.1, -0.05) is 49.4 Å². The molecular weight excluding hydrogens is 252 g/mol. The van der Waals surface area contributed by atoms with Gasteiger partial charge >= 0.3 is 5.97 Å². The molecule has 0 N–H and O–H groups in total. The number of carbonyl (C=O) groups is 2. The van der Waals surface area contributed by atoms with Gasteiger partial charge in [0.05, 0.1) is 5.56 Å². The third kappa shape index (κ3) is 3.32. The van der Waals surface area contributed by atoms with Gasteiger partial charge in [0, 0.05) is 12.0 Å². The van der Waals surface area contributed by atoms with E-state index in [1.54, 1.807) is 48.5 Å². The Labute approximate surface area is 118 Å². The van der Waals surface area contributed by atoms with E-state index in [9.17, 15) is 9.59 Å². The molecule has 0 radical (unpaired) electrons. The standard InChI is InChI=1S/C17H16O3/c1-2-8-16(18)20-15-12-7-6-11-14(15)17(19)13-9-4-3-5-10-13/h3-7,9-12H,2,8H2,1H3. The molecule has 3 nitrogen and oxygen atoms in total. The van der Waals surface area contributed by atoms with Crippen molar-refractivity contribution in [2.75, 3.05) is 0 Å². The number of hydrogen-bond donors (Lipinski definition) is 0. The SMILES string of the molecule is CCCC(=O)Oc1ccccc1C(=O)c1ccccc1. The van der Waals surface area contributed by atoms with E-state index in [1.807, 2.05) is 13.0 Å². The quantitative estimate of drug-likeness (QED) is 0.472. The lowest BCUT2D eigenvalue weighted by molar-refractivity contribution is -0.134. The van der Waals surface area contributed by atoms with Crippen LogP contribution < -0.4 is 4.74 Å². The van der Waals surface area contributed by atoms with Crippen LogP contribution in [0.1, 0.15) is 35.7 Å². The Morgan fingerprint density at radius 3 is 2.30 bits per heavy atom. The van der Waals surface area contributed by atoms with Crippen LogP contribution in [0, 0.1) is 0 Å². The summed E-state index contributed by atoms with van der Waals surface area (Å²) in [6.45, 7) is 1.91. The minimum Gasteiger partial charge on any atom is -0.426 e. The van der Waals surface area contributed by atoms with E-state index in [4.69, 9.17) is 4.74 Å². The van der Waals surface area contributed by atoms with Gasteiger partial charge in [-0.15, -0.1) is 0 Å². The lowest BCUT2D eigenvalue weighted by Crippen LogP contribution is -2.11. The van der Waals surface area contributed by atoms with Crippen LogP contribution in [0.15, 0.2) is 54.6 Å². The minimum absolute atomic E-state index is 0.148. The molecule has 0 aromatic heterocycles. The van der Waals surface area contributed by atoms with E-state index in [1.165, 1.54) is 0 Å². The van der Waals surface area contributed by atoms with Crippen LogP contribution in [0.2, 0.25) is 0 Å². The van der Waals surface area contributed by atoms with Crippen molar-refractivity contribution in [1.29, 1.82) is 0 Å². The summed E-state index contributed by atoms with van der Waals surface area (Å²) >= 11 is 0. The first-order chi connectivity index (χ1) is 9.72. The van der Waals surface area contributed by atoms with Crippen molar-refractivity contribution in [2.45, 2.75) is 19.8 Å². The molecule has 0 fully saturated rings. The van der Waals surface area contributed by atoms with Gasteiger partial charge < -0.3 is 4.74 Å². The van der Waals surface area contributed by atoms with Crippen molar-refractivity contribution >= 4 is 11.8 Å². The predicted molar refractivity (Wildman–Crippen MR) is 76.9 cm³/mol. The van der Waals surface area contributed by atoms with E-state index < -0.39 is 0 Å². The maximum absolute atomic E-state index is 12.4. The highest BCUT2D eigenvalue weighted by Crippen LogP contribution is 2.22. The van der Waals surface area contributed by atoms with Crippen LogP contribution in [0.25, 0.3) is 0 Å². The molecular formula is C17H16O3. The molecule has 2 rings (SSSR count). The second-order valence-corrected chi connectivity index (χ2v) is 4.42. The molecule has 0 spiro atoms. The van der Waals surface area contributed by atoms with Gasteiger partial charge in [-0.2, -0.15) is 0 Å². The Kier molecular flexibility index (Phi) is 4.66. The normalized spacial score (nSPS) is 10.1. The van der Waals surface area contributed by atoms with Crippen LogP contribution in [0.4, 0.5) is 0 Å². The molecule has 0 bridgehead atoms. The molecule has 102 valence electrons. The Morgan fingerprint density at radius 2 is 1.60 bits per heavy atom.